The third kappa shape index (κ3) is 5.61. The van der Waals surface area contributed by atoms with Crippen molar-refractivity contribution in [2.24, 2.45) is 5.92 Å². The number of carbonyl (C=O) groups excluding carboxylic acids is 2. The quantitative estimate of drug-likeness (QED) is 0.564. The first-order chi connectivity index (χ1) is 15.9. The van der Waals surface area contributed by atoms with Crippen molar-refractivity contribution >= 4 is 23.4 Å². The molecule has 9 nitrogen and oxygen atoms in total. The Morgan fingerprint density at radius 2 is 1.85 bits per heavy atom. The minimum absolute atomic E-state index is 0.0564. The van der Waals surface area contributed by atoms with E-state index in [9.17, 15) is 9.59 Å². The molecule has 1 saturated heterocycles. The molecule has 0 radical (unpaired) electrons. The van der Waals surface area contributed by atoms with Crippen LogP contribution >= 0.6 is 11.6 Å². The maximum atomic E-state index is 13.1. The lowest BCUT2D eigenvalue weighted by molar-refractivity contribution is -0.136. The Labute approximate surface area is 196 Å². The van der Waals surface area contributed by atoms with Crippen LogP contribution < -0.4 is 5.32 Å². The normalized spacial score (nSPS) is 15.6. The summed E-state index contributed by atoms with van der Waals surface area (Å²) >= 11 is 5.93. The van der Waals surface area contributed by atoms with Crippen molar-refractivity contribution in [3.8, 4) is 11.4 Å². The zero-order valence-corrected chi connectivity index (χ0v) is 19.3. The third-order valence-corrected chi connectivity index (χ3v) is 5.83. The fraction of sp³-hybridized carbons (Fsp3) is 0.391. The Bertz CT molecular complexity index is 1070. The van der Waals surface area contributed by atoms with E-state index < -0.39 is 11.9 Å². The fourth-order valence-electron chi connectivity index (χ4n) is 3.68. The van der Waals surface area contributed by atoms with E-state index in [1.807, 2.05) is 26.0 Å². The molecule has 0 aliphatic carbocycles. The highest BCUT2D eigenvalue weighted by atomic mass is 35.5. The van der Waals surface area contributed by atoms with Crippen LogP contribution in [0.1, 0.15) is 30.3 Å². The lowest BCUT2D eigenvalue weighted by Crippen LogP contribution is -2.56. The van der Waals surface area contributed by atoms with Gasteiger partial charge >= 0.3 is 0 Å². The number of piperazine rings is 1. The molecule has 0 saturated carbocycles. The van der Waals surface area contributed by atoms with Gasteiger partial charge in [0.05, 0.1) is 12.8 Å². The van der Waals surface area contributed by atoms with E-state index in [1.165, 1.54) is 6.26 Å². The molecule has 1 atom stereocenters. The van der Waals surface area contributed by atoms with Gasteiger partial charge in [-0.05, 0) is 42.3 Å². The maximum absolute atomic E-state index is 13.1. The van der Waals surface area contributed by atoms with Crippen molar-refractivity contribution in [1.29, 1.82) is 0 Å². The van der Waals surface area contributed by atoms with Gasteiger partial charge in [-0.15, -0.1) is 0 Å². The van der Waals surface area contributed by atoms with E-state index in [2.05, 4.69) is 20.4 Å². The molecule has 3 aromatic rings. The summed E-state index contributed by atoms with van der Waals surface area (Å²) in [5.74, 6) is 0.689. The molecular formula is C23H26ClN5O4. The Morgan fingerprint density at radius 1 is 1.12 bits per heavy atom. The van der Waals surface area contributed by atoms with Gasteiger partial charge in [0, 0.05) is 36.8 Å². The molecule has 33 heavy (non-hydrogen) atoms. The molecule has 1 aromatic carbocycles. The zero-order valence-electron chi connectivity index (χ0n) is 18.5. The van der Waals surface area contributed by atoms with Gasteiger partial charge in [0.15, 0.2) is 5.76 Å². The number of hydrogen-bond acceptors (Lipinski definition) is 7. The van der Waals surface area contributed by atoms with E-state index in [4.69, 9.17) is 20.5 Å². The molecule has 10 heteroatoms. The van der Waals surface area contributed by atoms with Crippen LogP contribution in [0.5, 0.6) is 0 Å². The summed E-state index contributed by atoms with van der Waals surface area (Å²) in [7, 11) is 0. The molecule has 174 valence electrons. The van der Waals surface area contributed by atoms with Crippen LogP contribution in [0.2, 0.25) is 5.02 Å². The van der Waals surface area contributed by atoms with E-state index in [1.54, 1.807) is 29.2 Å². The molecule has 2 aromatic heterocycles. The van der Waals surface area contributed by atoms with Gasteiger partial charge in [0.1, 0.15) is 6.04 Å². The monoisotopic (exact) mass is 471 g/mol. The van der Waals surface area contributed by atoms with Crippen LogP contribution in [0.4, 0.5) is 0 Å². The van der Waals surface area contributed by atoms with Gasteiger partial charge in [0.2, 0.25) is 17.6 Å². The SMILES string of the molecule is CC(C)C(NC(=O)c1ccco1)C(=O)N1CCN(Cc2nc(-c3ccc(Cl)cc3)no2)CC1. The van der Waals surface area contributed by atoms with Crippen molar-refractivity contribution in [3.05, 3.63) is 59.3 Å². The average molecular weight is 472 g/mol. The summed E-state index contributed by atoms with van der Waals surface area (Å²) in [6.07, 6.45) is 1.43. The summed E-state index contributed by atoms with van der Waals surface area (Å²) < 4.78 is 10.5. The highest BCUT2D eigenvalue weighted by Gasteiger charge is 2.31. The molecule has 0 bridgehead atoms. The van der Waals surface area contributed by atoms with E-state index >= 15 is 0 Å². The molecule has 2 amide bonds. The maximum Gasteiger partial charge on any atom is 0.287 e. The first kappa shape index (κ1) is 23.0. The second-order valence-corrected chi connectivity index (χ2v) is 8.73. The van der Waals surface area contributed by atoms with Gasteiger partial charge < -0.3 is 19.2 Å². The Kier molecular flexibility index (Phi) is 7.10. The van der Waals surface area contributed by atoms with Crippen molar-refractivity contribution in [3.63, 3.8) is 0 Å². The van der Waals surface area contributed by atoms with E-state index in [0.717, 1.165) is 5.56 Å². The third-order valence-electron chi connectivity index (χ3n) is 5.58. The number of benzene rings is 1. The van der Waals surface area contributed by atoms with Crippen molar-refractivity contribution in [1.82, 2.24) is 25.3 Å². The van der Waals surface area contributed by atoms with E-state index in [0.29, 0.717) is 49.5 Å². The fourth-order valence-corrected chi connectivity index (χ4v) is 3.81. The summed E-state index contributed by atoms with van der Waals surface area (Å²) in [6, 6.07) is 9.85. The van der Waals surface area contributed by atoms with Crippen molar-refractivity contribution in [2.75, 3.05) is 26.2 Å². The standard InChI is InChI=1S/C23H26ClN5O4/c1-15(2)20(26-22(30)18-4-3-13-32-18)23(31)29-11-9-28(10-12-29)14-19-25-21(27-33-19)16-5-7-17(24)8-6-16/h3-8,13,15,20H,9-12,14H2,1-2H3,(H,26,30). The van der Waals surface area contributed by atoms with Crippen LogP contribution in [0.3, 0.4) is 0 Å². The summed E-state index contributed by atoms with van der Waals surface area (Å²) in [6.45, 7) is 6.77. The molecule has 3 heterocycles. The van der Waals surface area contributed by atoms with Crippen LogP contribution in [0.25, 0.3) is 11.4 Å². The molecular weight excluding hydrogens is 446 g/mol. The van der Waals surface area contributed by atoms with Gasteiger partial charge in [0.25, 0.3) is 5.91 Å². The Hall–Kier alpha value is -3.17. The molecule has 1 aliphatic heterocycles. The number of aromatic nitrogens is 2. The molecule has 4 rings (SSSR count). The average Bonchev–Trinajstić information content (AvgIpc) is 3.50. The lowest BCUT2D eigenvalue weighted by atomic mass is 10.0. The first-order valence-corrected chi connectivity index (χ1v) is 11.2. The Morgan fingerprint density at radius 3 is 2.48 bits per heavy atom. The van der Waals surface area contributed by atoms with Crippen molar-refractivity contribution in [2.45, 2.75) is 26.4 Å². The number of amides is 2. The lowest BCUT2D eigenvalue weighted by Gasteiger charge is -2.36. The Balaban J connectivity index is 1.31. The molecule has 1 unspecified atom stereocenters. The summed E-state index contributed by atoms with van der Waals surface area (Å²) in [5, 5.41) is 7.51. The predicted octanol–water partition coefficient (Wildman–Crippen LogP) is 3.08. The minimum Gasteiger partial charge on any atom is -0.459 e. The number of carbonyl (C=O) groups is 2. The van der Waals surface area contributed by atoms with Crippen LogP contribution in [-0.2, 0) is 11.3 Å². The largest absolute Gasteiger partial charge is 0.459 e. The number of nitrogens with one attached hydrogen (secondary N) is 1. The van der Waals surface area contributed by atoms with Gasteiger partial charge in [-0.1, -0.05) is 30.6 Å². The topological polar surface area (TPSA) is 105 Å². The van der Waals surface area contributed by atoms with Gasteiger partial charge in [-0.3, -0.25) is 14.5 Å². The van der Waals surface area contributed by atoms with Crippen molar-refractivity contribution < 1.29 is 18.5 Å². The van der Waals surface area contributed by atoms with Crippen LogP contribution in [0.15, 0.2) is 51.6 Å². The molecule has 1 fully saturated rings. The number of nitrogens with zero attached hydrogens (tertiary/aromatic N) is 4. The van der Waals surface area contributed by atoms with Crippen LogP contribution in [-0.4, -0.2) is 64.0 Å². The number of hydrogen-bond donors (Lipinski definition) is 1. The molecule has 1 aliphatic rings. The number of halogens is 1. The highest BCUT2D eigenvalue weighted by Crippen LogP contribution is 2.19. The highest BCUT2D eigenvalue weighted by molar-refractivity contribution is 6.30. The van der Waals surface area contributed by atoms with E-state index in [-0.39, 0.29) is 17.6 Å². The first-order valence-electron chi connectivity index (χ1n) is 10.8. The number of rotatable bonds is 7. The molecule has 0 spiro atoms. The van der Waals surface area contributed by atoms with Crippen LogP contribution in [0, 0.1) is 5.92 Å². The number of furan rings is 1. The van der Waals surface area contributed by atoms with Gasteiger partial charge in [-0.2, -0.15) is 4.98 Å². The zero-order chi connectivity index (χ0) is 23.4. The summed E-state index contributed by atoms with van der Waals surface area (Å²) in [5.41, 5.74) is 0.834. The van der Waals surface area contributed by atoms with Gasteiger partial charge in [-0.25, -0.2) is 0 Å². The molecule has 1 N–H and O–H groups in total. The summed E-state index contributed by atoms with van der Waals surface area (Å²) in [4.78, 5) is 33.9. The second kappa shape index (κ2) is 10.2. The minimum atomic E-state index is -0.618. The smallest absolute Gasteiger partial charge is 0.287 e. The second-order valence-electron chi connectivity index (χ2n) is 8.29. The predicted molar refractivity (Wildman–Crippen MR) is 121 cm³/mol.